The molecule has 3 N–H and O–H groups in total. The standard InChI is InChI=1S/C11H24N2O2/c1-6-11(12,7-2)8-13-9(14)15-10(3,4)5/h6-8,12H2,1-5H3,(H,13,14). The highest BCUT2D eigenvalue weighted by molar-refractivity contribution is 5.67. The maximum absolute atomic E-state index is 11.3. The normalized spacial score (nSPS) is 12.4. The van der Waals surface area contributed by atoms with Crippen molar-refractivity contribution in [2.24, 2.45) is 5.73 Å². The number of nitrogens with one attached hydrogen (secondary N) is 1. The highest BCUT2D eigenvalue weighted by atomic mass is 16.6. The van der Waals surface area contributed by atoms with Crippen LogP contribution >= 0.6 is 0 Å². The van der Waals surface area contributed by atoms with Crippen molar-refractivity contribution in [1.82, 2.24) is 5.32 Å². The Hall–Kier alpha value is -0.770. The molecule has 4 nitrogen and oxygen atoms in total. The number of carbonyl (C=O) groups is 1. The SMILES string of the molecule is CCC(N)(CC)CNC(=O)OC(C)(C)C. The minimum absolute atomic E-state index is 0.323. The molecule has 15 heavy (non-hydrogen) atoms. The van der Waals surface area contributed by atoms with Crippen molar-refractivity contribution in [3.05, 3.63) is 0 Å². The predicted molar refractivity (Wildman–Crippen MR) is 61.7 cm³/mol. The topological polar surface area (TPSA) is 64.3 Å². The highest BCUT2D eigenvalue weighted by Crippen LogP contribution is 2.10. The number of carbonyl (C=O) groups excluding carboxylic acids is 1. The van der Waals surface area contributed by atoms with E-state index in [1.807, 2.05) is 34.6 Å². The van der Waals surface area contributed by atoms with Gasteiger partial charge in [0.05, 0.1) is 0 Å². The number of rotatable bonds is 4. The lowest BCUT2D eigenvalue weighted by molar-refractivity contribution is 0.0513. The summed E-state index contributed by atoms with van der Waals surface area (Å²) in [7, 11) is 0. The second kappa shape index (κ2) is 5.35. The first-order valence-corrected chi connectivity index (χ1v) is 5.48. The Labute approximate surface area is 92.6 Å². The number of hydrogen-bond donors (Lipinski definition) is 2. The Morgan fingerprint density at radius 1 is 1.27 bits per heavy atom. The molecule has 0 aliphatic carbocycles. The van der Waals surface area contributed by atoms with Gasteiger partial charge in [-0.1, -0.05) is 13.8 Å². The number of alkyl carbamates (subject to hydrolysis) is 1. The molecule has 0 bridgehead atoms. The van der Waals surface area contributed by atoms with E-state index in [0.29, 0.717) is 6.54 Å². The maximum Gasteiger partial charge on any atom is 0.407 e. The van der Waals surface area contributed by atoms with Gasteiger partial charge in [-0.15, -0.1) is 0 Å². The van der Waals surface area contributed by atoms with E-state index in [2.05, 4.69) is 5.32 Å². The Balaban J connectivity index is 4.00. The van der Waals surface area contributed by atoms with E-state index in [1.54, 1.807) is 0 Å². The van der Waals surface area contributed by atoms with Crippen molar-refractivity contribution in [2.75, 3.05) is 6.54 Å². The van der Waals surface area contributed by atoms with Crippen molar-refractivity contribution in [3.63, 3.8) is 0 Å². The zero-order valence-electron chi connectivity index (χ0n) is 10.5. The van der Waals surface area contributed by atoms with Crippen LogP contribution in [0.5, 0.6) is 0 Å². The second-order valence-electron chi connectivity index (χ2n) is 4.92. The zero-order chi connectivity index (χ0) is 12.1. The van der Waals surface area contributed by atoms with Gasteiger partial charge in [0, 0.05) is 12.1 Å². The van der Waals surface area contributed by atoms with Crippen LogP contribution in [0.1, 0.15) is 47.5 Å². The summed E-state index contributed by atoms with van der Waals surface area (Å²) in [6, 6.07) is 0. The fourth-order valence-corrected chi connectivity index (χ4v) is 1.06. The second-order valence-corrected chi connectivity index (χ2v) is 4.92. The average Bonchev–Trinajstić information content (AvgIpc) is 2.12. The first kappa shape index (κ1) is 14.2. The number of amides is 1. The van der Waals surface area contributed by atoms with Crippen LogP contribution in [0.15, 0.2) is 0 Å². The van der Waals surface area contributed by atoms with E-state index >= 15 is 0 Å². The van der Waals surface area contributed by atoms with Gasteiger partial charge in [-0.2, -0.15) is 0 Å². The molecule has 1 amide bonds. The third-order valence-corrected chi connectivity index (χ3v) is 2.39. The lowest BCUT2D eigenvalue weighted by atomic mass is 9.94. The molecule has 0 radical (unpaired) electrons. The maximum atomic E-state index is 11.3. The van der Waals surface area contributed by atoms with Gasteiger partial charge >= 0.3 is 6.09 Å². The summed E-state index contributed by atoms with van der Waals surface area (Å²) in [4.78, 5) is 11.3. The van der Waals surface area contributed by atoms with Crippen molar-refractivity contribution >= 4 is 6.09 Å². The minimum Gasteiger partial charge on any atom is -0.444 e. The van der Waals surface area contributed by atoms with E-state index in [9.17, 15) is 4.79 Å². The Bertz CT molecular complexity index is 205. The molecule has 0 saturated heterocycles. The van der Waals surface area contributed by atoms with Crippen LogP contribution in [0.4, 0.5) is 4.79 Å². The first-order chi connectivity index (χ1) is 6.72. The quantitative estimate of drug-likeness (QED) is 0.755. The van der Waals surface area contributed by atoms with Crippen LogP contribution < -0.4 is 11.1 Å². The van der Waals surface area contributed by atoms with Gasteiger partial charge in [-0.3, -0.25) is 0 Å². The van der Waals surface area contributed by atoms with Crippen LogP contribution in [0.25, 0.3) is 0 Å². The molecule has 0 aliphatic heterocycles. The summed E-state index contributed by atoms with van der Waals surface area (Å²) >= 11 is 0. The molecule has 0 aromatic carbocycles. The molecule has 90 valence electrons. The first-order valence-electron chi connectivity index (χ1n) is 5.48. The molecule has 0 heterocycles. The van der Waals surface area contributed by atoms with Gasteiger partial charge < -0.3 is 15.8 Å². The van der Waals surface area contributed by atoms with E-state index in [4.69, 9.17) is 10.5 Å². The lowest BCUT2D eigenvalue weighted by Crippen LogP contribution is -2.50. The van der Waals surface area contributed by atoms with E-state index < -0.39 is 11.7 Å². The van der Waals surface area contributed by atoms with Crippen LogP contribution in [-0.2, 0) is 4.74 Å². The molecular weight excluding hydrogens is 192 g/mol. The van der Waals surface area contributed by atoms with E-state index in [0.717, 1.165) is 12.8 Å². The molecule has 4 heteroatoms. The van der Waals surface area contributed by atoms with Crippen LogP contribution in [-0.4, -0.2) is 23.8 Å². The Kier molecular flexibility index (Phi) is 5.08. The largest absolute Gasteiger partial charge is 0.444 e. The number of ether oxygens (including phenoxy) is 1. The smallest absolute Gasteiger partial charge is 0.407 e. The third kappa shape index (κ3) is 6.33. The van der Waals surface area contributed by atoms with Crippen LogP contribution in [0.3, 0.4) is 0 Å². The zero-order valence-corrected chi connectivity index (χ0v) is 10.5. The number of hydrogen-bond acceptors (Lipinski definition) is 3. The van der Waals surface area contributed by atoms with Crippen LogP contribution in [0.2, 0.25) is 0 Å². The summed E-state index contributed by atoms with van der Waals surface area (Å²) in [5, 5.41) is 2.70. The number of nitrogens with two attached hydrogens (primary N) is 1. The van der Waals surface area contributed by atoms with Crippen LogP contribution in [0, 0.1) is 0 Å². The highest BCUT2D eigenvalue weighted by Gasteiger charge is 2.22. The molecule has 0 aromatic rings. The Morgan fingerprint density at radius 3 is 2.07 bits per heavy atom. The third-order valence-electron chi connectivity index (χ3n) is 2.39. The molecule has 0 unspecified atom stereocenters. The molecular formula is C11H24N2O2. The van der Waals surface area contributed by atoms with Crippen molar-refractivity contribution < 1.29 is 9.53 Å². The van der Waals surface area contributed by atoms with E-state index in [1.165, 1.54) is 0 Å². The van der Waals surface area contributed by atoms with Gasteiger partial charge in [-0.05, 0) is 33.6 Å². The van der Waals surface area contributed by atoms with Gasteiger partial charge in [0.2, 0.25) is 0 Å². The van der Waals surface area contributed by atoms with Gasteiger partial charge in [0.15, 0.2) is 0 Å². The lowest BCUT2D eigenvalue weighted by Gasteiger charge is -2.28. The van der Waals surface area contributed by atoms with Crippen molar-refractivity contribution in [3.8, 4) is 0 Å². The fraction of sp³-hybridized carbons (Fsp3) is 0.909. The molecule has 0 fully saturated rings. The van der Waals surface area contributed by atoms with Gasteiger partial charge in [0.1, 0.15) is 5.60 Å². The molecule has 0 aromatic heterocycles. The predicted octanol–water partition coefficient (Wildman–Crippen LogP) is 2.03. The summed E-state index contributed by atoms with van der Waals surface area (Å²) in [5.41, 5.74) is 5.26. The van der Waals surface area contributed by atoms with Crippen molar-refractivity contribution in [2.45, 2.75) is 58.6 Å². The fourth-order valence-electron chi connectivity index (χ4n) is 1.06. The molecule has 0 spiro atoms. The molecule has 0 saturated carbocycles. The van der Waals surface area contributed by atoms with Crippen molar-refractivity contribution in [1.29, 1.82) is 0 Å². The molecule has 0 atom stereocenters. The summed E-state index contributed by atoms with van der Waals surface area (Å²) in [6.07, 6.45) is 1.26. The monoisotopic (exact) mass is 216 g/mol. The van der Waals surface area contributed by atoms with Gasteiger partial charge in [-0.25, -0.2) is 4.79 Å². The Morgan fingerprint density at radius 2 is 1.73 bits per heavy atom. The van der Waals surface area contributed by atoms with Gasteiger partial charge in [0.25, 0.3) is 0 Å². The molecule has 0 rings (SSSR count). The molecule has 0 aliphatic rings. The average molecular weight is 216 g/mol. The van der Waals surface area contributed by atoms with E-state index in [-0.39, 0.29) is 5.54 Å². The minimum atomic E-state index is -0.459. The summed E-state index contributed by atoms with van der Waals surface area (Å²) in [5.74, 6) is 0. The summed E-state index contributed by atoms with van der Waals surface area (Å²) in [6.45, 7) is 9.99. The summed E-state index contributed by atoms with van der Waals surface area (Å²) < 4.78 is 5.12.